The first kappa shape index (κ1) is 23.2. The van der Waals surface area contributed by atoms with E-state index in [1.807, 2.05) is 6.07 Å². The van der Waals surface area contributed by atoms with Gasteiger partial charge in [-0.1, -0.05) is 41.9 Å². The summed E-state index contributed by atoms with van der Waals surface area (Å²) in [6.07, 6.45) is -1.19. The molecule has 2 fully saturated rings. The van der Waals surface area contributed by atoms with Crippen molar-refractivity contribution in [3.63, 3.8) is 0 Å². The summed E-state index contributed by atoms with van der Waals surface area (Å²) < 4.78 is 46.0. The zero-order chi connectivity index (χ0) is 23.0. The molecule has 0 spiro atoms. The minimum absolute atomic E-state index is 0.00929. The van der Waals surface area contributed by atoms with E-state index < -0.39 is 33.6 Å². The van der Waals surface area contributed by atoms with Crippen LogP contribution < -0.4 is 10.0 Å². The molecule has 172 valence electrons. The maximum absolute atomic E-state index is 12.7. The molecule has 3 atom stereocenters. The molecule has 0 saturated carbocycles. The number of sulfonamides is 1. The van der Waals surface area contributed by atoms with E-state index in [9.17, 15) is 13.2 Å². The van der Waals surface area contributed by atoms with Gasteiger partial charge < -0.3 is 19.5 Å². The Bertz CT molecular complexity index is 1090. The second-order valence-corrected chi connectivity index (χ2v) is 10.4. The van der Waals surface area contributed by atoms with Crippen LogP contribution in [-0.4, -0.2) is 57.6 Å². The molecule has 2 aromatic carbocycles. The number of hydrogen-bond donors (Lipinski definition) is 2. The average Bonchev–Trinajstić information content (AvgIpc) is 3.21. The summed E-state index contributed by atoms with van der Waals surface area (Å²) in [5, 5.41) is 3.02. The van der Waals surface area contributed by atoms with Gasteiger partial charge in [-0.15, -0.1) is 0 Å². The summed E-state index contributed by atoms with van der Waals surface area (Å²) in [6.45, 7) is 3.82. The summed E-state index contributed by atoms with van der Waals surface area (Å²) in [5.41, 5.74) is -0.407. The van der Waals surface area contributed by atoms with Crippen molar-refractivity contribution in [3.05, 3.63) is 65.2 Å². The SMILES string of the molecule is CC1(C)O[C@@H]2[C@@H](CNS(=O)(=O)c3ccccc3Cl)OC[C@]2(CNC(=O)c2ccccc2)O1. The molecule has 4 rings (SSSR count). The molecule has 0 unspecified atom stereocenters. The molecule has 8 nitrogen and oxygen atoms in total. The highest BCUT2D eigenvalue weighted by atomic mass is 35.5. The third-order valence-corrected chi connectivity index (χ3v) is 7.37. The molecule has 10 heteroatoms. The molecule has 2 aromatic rings. The van der Waals surface area contributed by atoms with Gasteiger partial charge in [0, 0.05) is 12.1 Å². The first-order valence-electron chi connectivity index (χ1n) is 10.2. The van der Waals surface area contributed by atoms with E-state index in [4.69, 9.17) is 25.8 Å². The molecular formula is C22H25ClN2O6S. The number of amides is 1. The van der Waals surface area contributed by atoms with E-state index >= 15 is 0 Å². The number of nitrogens with one attached hydrogen (secondary N) is 2. The molecule has 1 amide bonds. The maximum Gasteiger partial charge on any atom is 0.251 e. The minimum Gasteiger partial charge on any atom is -0.371 e. The van der Waals surface area contributed by atoms with Crippen molar-refractivity contribution in [1.82, 2.24) is 10.0 Å². The standard InChI is InChI=1S/C22H25ClN2O6S/c1-21(2)30-19-17(12-25-32(27,28)18-11-7-6-10-16(18)23)29-14-22(19,31-21)13-24-20(26)15-8-4-3-5-9-15/h3-11,17,19,25H,12-14H2,1-2H3,(H,24,26)/t17-,19-,22+/m1/s1. The Kier molecular flexibility index (Phi) is 6.32. The highest BCUT2D eigenvalue weighted by Gasteiger charge is 2.61. The minimum atomic E-state index is -3.85. The second kappa shape index (κ2) is 8.74. The number of carbonyl (C=O) groups excluding carboxylic acids is 1. The van der Waals surface area contributed by atoms with E-state index in [1.165, 1.54) is 12.1 Å². The Labute approximate surface area is 192 Å². The van der Waals surface area contributed by atoms with Crippen LogP contribution in [-0.2, 0) is 24.2 Å². The zero-order valence-corrected chi connectivity index (χ0v) is 19.3. The second-order valence-electron chi connectivity index (χ2n) is 8.29. The Morgan fingerprint density at radius 3 is 2.53 bits per heavy atom. The van der Waals surface area contributed by atoms with Crippen LogP contribution in [0.15, 0.2) is 59.5 Å². The van der Waals surface area contributed by atoms with Crippen molar-refractivity contribution < 1.29 is 27.4 Å². The Morgan fingerprint density at radius 1 is 1.12 bits per heavy atom. The monoisotopic (exact) mass is 480 g/mol. The van der Waals surface area contributed by atoms with E-state index in [2.05, 4.69) is 10.0 Å². The molecular weight excluding hydrogens is 456 g/mol. The summed E-state index contributed by atoms with van der Waals surface area (Å²) in [4.78, 5) is 12.5. The fraction of sp³-hybridized carbons (Fsp3) is 0.409. The van der Waals surface area contributed by atoms with Crippen molar-refractivity contribution >= 4 is 27.5 Å². The average molecular weight is 481 g/mol. The predicted octanol–water partition coefficient (Wildman–Crippen LogP) is 2.34. The lowest BCUT2D eigenvalue weighted by molar-refractivity contribution is -0.188. The fourth-order valence-corrected chi connectivity index (χ4v) is 5.62. The quantitative estimate of drug-likeness (QED) is 0.630. The topological polar surface area (TPSA) is 103 Å². The smallest absolute Gasteiger partial charge is 0.251 e. The van der Waals surface area contributed by atoms with E-state index in [0.29, 0.717) is 5.56 Å². The number of hydrogen-bond acceptors (Lipinski definition) is 6. The maximum atomic E-state index is 12.7. The molecule has 32 heavy (non-hydrogen) atoms. The van der Waals surface area contributed by atoms with Crippen LogP contribution in [0.25, 0.3) is 0 Å². The van der Waals surface area contributed by atoms with Gasteiger partial charge in [-0.2, -0.15) is 0 Å². The molecule has 0 aliphatic carbocycles. The van der Waals surface area contributed by atoms with Crippen LogP contribution in [0.4, 0.5) is 0 Å². The van der Waals surface area contributed by atoms with Gasteiger partial charge in [0.1, 0.15) is 22.7 Å². The van der Waals surface area contributed by atoms with Crippen molar-refractivity contribution in [2.24, 2.45) is 0 Å². The molecule has 0 aromatic heterocycles. The number of fused-ring (bicyclic) bond motifs is 1. The molecule has 0 radical (unpaired) electrons. The number of benzene rings is 2. The summed E-state index contributed by atoms with van der Waals surface area (Å²) in [7, 11) is -3.85. The number of rotatable bonds is 7. The first-order valence-corrected chi connectivity index (χ1v) is 12.1. The van der Waals surface area contributed by atoms with Crippen molar-refractivity contribution in [3.8, 4) is 0 Å². The normalized spacial score (nSPS) is 26.6. The lowest BCUT2D eigenvalue weighted by Gasteiger charge is -2.27. The molecule has 2 aliphatic rings. The van der Waals surface area contributed by atoms with Crippen LogP contribution in [0, 0.1) is 0 Å². The first-order chi connectivity index (χ1) is 15.1. The lowest BCUT2D eigenvalue weighted by atomic mass is 9.96. The van der Waals surface area contributed by atoms with E-state index in [0.717, 1.165) is 0 Å². The van der Waals surface area contributed by atoms with Gasteiger partial charge in [0.05, 0.1) is 18.2 Å². The van der Waals surface area contributed by atoms with Crippen LogP contribution in [0.1, 0.15) is 24.2 Å². The lowest BCUT2D eigenvalue weighted by Crippen LogP contribution is -2.52. The van der Waals surface area contributed by atoms with Crippen LogP contribution in [0.2, 0.25) is 5.02 Å². The fourth-order valence-electron chi connectivity index (χ4n) is 4.05. The van der Waals surface area contributed by atoms with Gasteiger partial charge in [-0.25, -0.2) is 13.1 Å². The summed E-state index contributed by atoms with van der Waals surface area (Å²) in [5.74, 6) is -1.15. The van der Waals surface area contributed by atoms with Gasteiger partial charge in [-0.3, -0.25) is 4.79 Å². The summed E-state index contributed by atoms with van der Waals surface area (Å²) in [6, 6.07) is 15.1. The van der Waals surface area contributed by atoms with Gasteiger partial charge in [0.15, 0.2) is 5.79 Å². The van der Waals surface area contributed by atoms with Crippen molar-refractivity contribution in [2.75, 3.05) is 19.7 Å². The van der Waals surface area contributed by atoms with Crippen molar-refractivity contribution in [2.45, 2.75) is 42.3 Å². The highest BCUT2D eigenvalue weighted by Crippen LogP contribution is 2.43. The Balaban J connectivity index is 1.46. The summed E-state index contributed by atoms with van der Waals surface area (Å²) >= 11 is 6.04. The number of ether oxygens (including phenoxy) is 3. The highest BCUT2D eigenvalue weighted by molar-refractivity contribution is 7.89. The van der Waals surface area contributed by atoms with Gasteiger partial charge in [0.25, 0.3) is 5.91 Å². The molecule has 2 N–H and O–H groups in total. The van der Waals surface area contributed by atoms with E-state index in [-0.39, 0.29) is 35.5 Å². The predicted molar refractivity (Wildman–Crippen MR) is 118 cm³/mol. The Morgan fingerprint density at radius 2 is 1.81 bits per heavy atom. The van der Waals surface area contributed by atoms with Crippen LogP contribution in [0.3, 0.4) is 0 Å². The largest absolute Gasteiger partial charge is 0.371 e. The molecule has 2 heterocycles. The Hall–Kier alpha value is -2.01. The van der Waals surface area contributed by atoms with E-state index in [1.54, 1.807) is 50.2 Å². The van der Waals surface area contributed by atoms with Gasteiger partial charge in [-0.05, 0) is 38.1 Å². The van der Waals surface area contributed by atoms with Crippen LogP contribution >= 0.6 is 11.6 Å². The van der Waals surface area contributed by atoms with Crippen molar-refractivity contribution in [1.29, 1.82) is 0 Å². The third-order valence-electron chi connectivity index (χ3n) is 5.44. The molecule has 0 bridgehead atoms. The van der Waals surface area contributed by atoms with Gasteiger partial charge in [0.2, 0.25) is 10.0 Å². The molecule has 2 saturated heterocycles. The number of halogens is 1. The molecule has 2 aliphatic heterocycles. The van der Waals surface area contributed by atoms with Crippen LogP contribution in [0.5, 0.6) is 0 Å². The van der Waals surface area contributed by atoms with Gasteiger partial charge >= 0.3 is 0 Å². The zero-order valence-electron chi connectivity index (χ0n) is 17.7. The number of carbonyl (C=O) groups is 1. The third kappa shape index (κ3) is 4.68.